The summed E-state index contributed by atoms with van der Waals surface area (Å²) in [7, 11) is -2.87. The molecule has 0 saturated carbocycles. The van der Waals surface area contributed by atoms with E-state index in [1.54, 1.807) is 0 Å². The average molecular weight is 653 g/mol. The average Bonchev–Trinajstić information content (AvgIpc) is 3.52. The Morgan fingerprint density at radius 3 is 1.36 bits per heavy atom. The molecule has 0 fully saturated rings. The highest BCUT2D eigenvalue weighted by Gasteiger charge is 2.41. The highest BCUT2D eigenvalue weighted by molar-refractivity contribution is 7.19. The van der Waals surface area contributed by atoms with E-state index in [1.807, 2.05) is 54.6 Å². The Labute approximate surface area is 291 Å². The van der Waals surface area contributed by atoms with Crippen molar-refractivity contribution in [2.45, 2.75) is 0 Å². The lowest BCUT2D eigenvalue weighted by Gasteiger charge is -2.35. The van der Waals surface area contributed by atoms with Crippen LogP contribution in [0, 0.1) is 34.0 Å². The molecule has 0 unspecified atom stereocenters. The lowest BCUT2D eigenvalue weighted by atomic mass is 9.98. The summed E-state index contributed by atoms with van der Waals surface area (Å²) in [5.74, 6) is 0. The van der Waals surface area contributed by atoms with Crippen molar-refractivity contribution in [2.24, 2.45) is 0 Å². The molecule has 8 aromatic rings. The van der Waals surface area contributed by atoms with Crippen LogP contribution >= 0.6 is 0 Å². The first-order chi connectivity index (χ1) is 24.7. The number of nitriles is 3. The molecule has 0 atom stereocenters. The summed E-state index contributed by atoms with van der Waals surface area (Å²) in [6.45, 7) is 0. The van der Waals surface area contributed by atoms with E-state index in [-0.39, 0.29) is 0 Å². The molecule has 0 radical (unpaired) electrons. The van der Waals surface area contributed by atoms with Gasteiger partial charge in [-0.3, -0.25) is 0 Å². The van der Waals surface area contributed by atoms with E-state index in [9.17, 15) is 15.8 Å². The number of hydrogen-bond acceptors (Lipinski definition) is 3. The number of rotatable bonds is 6. The van der Waals surface area contributed by atoms with Crippen LogP contribution in [-0.2, 0) is 0 Å². The highest BCUT2D eigenvalue weighted by atomic mass is 28.3. The number of aromatic nitrogens is 1. The van der Waals surface area contributed by atoms with Crippen LogP contribution in [0.5, 0.6) is 0 Å². The van der Waals surface area contributed by atoms with Gasteiger partial charge in [0.05, 0.1) is 51.6 Å². The minimum atomic E-state index is -2.87. The van der Waals surface area contributed by atoms with Crippen LogP contribution in [0.3, 0.4) is 0 Å². The summed E-state index contributed by atoms with van der Waals surface area (Å²) in [5.41, 5.74) is 6.18. The number of hydrogen-bond donors (Lipinski definition) is 0. The molecule has 5 heteroatoms. The Bertz CT molecular complexity index is 2510. The number of nitrogens with zero attached hydrogens (tertiary/aromatic N) is 4. The van der Waals surface area contributed by atoms with Gasteiger partial charge in [-0.1, -0.05) is 121 Å². The molecular weight excluding hydrogens is 625 g/mol. The van der Waals surface area contributed by atoms with E-state index in [4.69, 9.17) is 0 Å². The normalized spacial score (nSPS) is 11.1. The summed E-state index contributed by atoms with van der Waals surface area (Å²) < 4.78 is 2.19. The molecule has 0 aliphatic rings. The molecule has 1 aromatic heterocycles. The molecule has 50 heavy (non-hydrogen) atoms. The van der Waals surface area contributed by atoms with Crippen LogP contribution in [0.4, 0.5) is 0 Å². The Kier molecular flexibility index (Phi) is 7.63. The fraction of sp³-hybridized carbons (Fsp3) is 0. The van der Waals surface area contributed by atoms with E-state index >= 15 is 0 Å². The van der Waals surface area contributed by atoms with Gasteiger partial charge >= 0.3 is 0 Å². The zero-order valence-corrected chi connectivity index (χ0v) is 28.0. The van der Waals surface area contributed by atoms with Crippen LogP contribution in [0.15, 0.2) is 170 Å². The van der Waals surface area contributed by atoms with E-state index in [2.05, 4.69) is 138 Å². The summed E-state index contributed by atoms with van der Waals surface area (Å²) in [4.78, 5) is 0. The molecule has 7 aromatic carbocycles. The molecule has 0 N–H and O–H groups in total. The summed E-state index contributed by atoms with van der Waals surface area (Å²) in [6.07, 6.45) is 0. The molecule has 0 aliphatic carbocycles. The first-order valence-electron chi connectivity index (χ1n) is 16.4. The fourth-order valence-corrected chi connectivity index (χ4v) is 12.3. The van der Waals surface area contributed by atoms with Gasteiger partial charge in [-0.05, 0) is 69.3 Å². The van der Waals surface area contributed by atoms with Crippen LogP contribution in [0.2, 0.25) is 0 Å². The smallest absolute Gasteiger partial charge is 0.179 e. The third-order valence-corrected chi connectivity index (χ3v) is 14.4. The second-order valence-corrected chi connectivity index (χ2v) is 16.1. The minimum absolute atomic E-state index is 0.552. The fourth-order valence-electron chi connectivity index (χ4n) is 7.48. The molecular formula is C45H28N4Si. The maximum Gasteiger partial charge on any atom is 0.179 e. The summed E-state index contributed by atoms with van der Waals surface area (Å²) in [5, 5.41) is 36.8. The molecule has 8 rings (SSSR count). The van der Waals surface area contributed by atoms with Crippen molar-refractivity contribution in [1.82, 2.24) is 4.57 Å². The van der Waals surface area contributed by atoms with Crippen LogP contribution in [0.1, 0.15) is 16.7 Å². The molecule has 0 aliphatic heterocycles. The third-order valence-electron chi connectivity index (χ3n) is 9.65. The zero-order valence-electron chi connectivity index (χ0n) is 27.0. The van der Waals surface area contributed by atoms with Gasteiger partial charge in [0, 0.05) is 21.9 Å². The van der Waals surface area contributed by atoms with Gasteiger partial charge in [-0.15, -0.1) is 0 Å². The van der Waals surface area contributed by atoms with Gasteiger partial charge in [-0.2, -0.15) is 15.8 Å². The van der Waals surface area contributed by atoms with E-state index in [0.29, 0.717) is 16.7 Å². The number of fused-ring (bicyclic) bond motifs is 3. The van der Waals surface area contributed by atoms with E-state index in [1.165, 1.54) is 20.7 Å². The first kappa shape index (κ1) is 30.4. The monoisotopic (exact) mass is 652 g/mol. The van der Waals surface area contributed by atoms with Crippen molar-refractivity contribution in [3.05, 3.63) is 187 Å². The van der Waals surface area contributed by atoms with E-state index < -0.39 is 8.07 Å². The van der Waals surface area contributed by atoms with Crippen molar-refractivity contribution in [1.29, 1.82) is 15.8 Å². The zero-order chi connectivity index (χ0) is 34.1. The highest BCUT2D eigenvalue weighted by Crippen LogP contribution is 2.37. The van der Waals surface area contributed by atoms with Crippen molar-refractivity contribution in [2.75, 3.05) is 0 Å². The topological polar surface area (TPSA) is 76.3 Å². The molecule has 1 heterocycles. The maximum atomic E-state index is 10.6. The molecule has 0 amide bonds. The Morgan fingerprint density at radius 1 is 0.400 bits per heavy atom. The molecule has 0 spiro atoms. The van der Waals surface area contributed by atoms with Gasteiger partial charge < -0.3 is 4.57 Å². The first-order valence-corrected chi connectivity index (χ1v) is 18.4. The lowest BCUT2D eigenvalue weighted by molar-refractivity contribution is 1.18. The van der Waals surface area contributed by atoms with Gasteiger partial charge in [0.1, 0.15) is 0 Å². The van der Waals surface area contributed by atoms with Crippen LogP contribution in [0.25, 0.3) is 38.6 Å². The van der Waals surface area contributed by atoms with Crippen LogP contribution in [-0.4, -0.2) is 12.6 Å². The largest absolute Gasteiger partial charge is 0.309 e. The maximum absolute atomic E-state index is 10.6. The van der Waals surface area contributed by atoms with E-state index in [0.717, 1.165) is 38.6 Å². The van der Waals surface area contributed by atoms with Crippen molar-refractivity contribution >= 4 is 50.6 Å². The molecule has 4 nitrogen and oxygen atoms in total. The third kappa shape index (κ3) is 4.80. The molecule has 0 saturated heterocycles. The predicted molar refractivity (Wildman–Crippen MR) is 204 cm³/mol. The second-order valence-electron chi connectivity index (χ2n) is 12.3. The standard InChI is InChI=1S/C45H28N4Si/c46-29-32-20-24-44-41(26-32)42-27-33(30-47)21-25-45(42)49(44)43-19-11-10-18-39(43)40-28-38(23-22-34(40)31-48)50(35-12-4-1-5-13-35,36-14-6-2-7-15-36)37-16-8-3-9-17-37/h1-28H. The van der Waals surface area contributed by atoms with Crippen LogP contribution < -0.4 is 20.7 Å². The van der Waals surface area contributed by atoms with Crippen molar-refractivity contribution in [3.8, 4) is 35.0 Å². The predicted octanol–water partition coefficient (Wildman–Crippen LogP) is 7.44. The Morgan fingerprint density at radius 2 is 0.880 bits per heavy atom. The summed E-state index contributed by atoms with van der Waals surface area (Å²) in [6, 6.07) is 65.2. The van der Waals surface area contributed by atoms with Gasteiger partial charge in [0.15, 0.2) is 8.07 Å². The van der Waals surface area contributed by atoms with Crippen molar-refractivity contribution < 1.29 is 0 Å². The minimum Gasteiger partial charge on any atom is -0.309 e. The Balaban J connectivity index is 1.45. The van der Waals surface area contributed by atoms with Crippen molar-refractivity contribution in [3.63, 3.8) is 0 Å². The van der Waals surface area contributed by atoms with Gasteiger partial charge in [-0.25, -0.2) is 0 Å². The lowest BCUT2D eigenvalue weighted by Crippen LogP contribution is -2.74. The summed E-state index contributed by atoms with van der Waals surface area (Å²) >= 11 is 0. The molecule has 232 valence electrons. The quantitative estimate of drug-likeness (QED) is 0.138. The molecule has 0 bridgehead atoms. The second kappa shape index (κ2) is 12.6. The van der Waals surface area contributed by atoms with Gasteiger partial charge in [0.25, 0.3) is 0 Å². The Hall–Kier alpha value is -6.97. The van der Waals surface area contributed by atoms with Gasteiger partial charge in [0.2, 0.25) is 0 Å². The number of benzene rings is 7. The SMILES string of the molecule is N#Cc1ccc2c(c1)c1cc(C#N)ccc1n2-c1ccccc1-c1cc([Si](c2ccccc2)(c2ccccc2)c2ccccc2)ccc1C#N. The number of para-hydroxylation sites is 1.